The first-order valence-electron chi connectivity index (χ1n) is 9.84. The molecule has 0 aliphatic carbocycles. The number of anilines is 1. The molecule has 4 aromatic rings. The van der Waals surface area contributed by atoms with Gasteiger partial charge in [0.2, 0.25) is 0 Å². The molecule has 1 aromatic heterocycles. The molecular formula is C25H20F2N2O2S. The van der Waals surface area contributed by atoms with Crippen LogP contribution in [0, 0.1) is 11.6 Å². The molecule has 7 heteroatoms. The van der Waals surface area contributed by atoms with E-state index in [1.807, 2.05) is 12.1 Å². The third kappa shape index (κ3) is 4.63. The Morgan fingerprint density at radius 2 is 1.66 bits per heavy atom. The molecule has 4 rings (SSSR count). The van der Waals surface area contributed by atoms with E-state index < -0.39 is 11.6 Å². The molecule has 32 heavy (non-hydrogen) atoms. The number of hydrogen-bond acceptors (Lipinski definition) is 5. The highest BCUT2D eigenvalue weighted by Gasteiger charge is 2.19. The molecule has 0 saturated carbocycles. The zero-order chi connectivity index (χ0) is 22.7. The summed E-state index contributed by atoms with van der Waals surface area (Å²) in [4.78, 5) is 5.24. The number of phenolic OH excluding ortho intramolecular Hbond substituents is 1. The highest BCUT2D eigenvalue weighted by Crippen LogP contribution is 2.37. The molecule has 0 unspecified atom stereocenters. The molecular weight excluding hydrogens is 430 g/mol. The normalized spacial score (nSPS) is 10.8. The van der Waals surface area contributed by atoms with Gasteiger partial charge in [-0.15, -0.1) is 11.3 Å². The van der Waals surface area contributed by atoms with E-state index >= 15 is 0 Å². The first-order valence-corrected chi connectivity index (χ1v) is 10.7. The number of phenols is 1. The highest BCUT2D eigenvalue weighted by molar-refractivity contribution is 7.16. The number of halogens is 2. The molecule has 0 aliphatic heterocycles. The van der Waals surface area contributed by atoms with E-state index in [1.165, 1.54) is 29.5 Å². The van der Waals surface area contributed by atoms with Gasteiger partial charge in [0.15, 0.2) is 5.13 Å². The standard InChI is InChI=1S/C25H20F2N2O2S/c1-15(30)17-11-9-16(10-12-17)14-28-25-29-24(18-5-2-3-8-22(18)31)23(32-25)13-19-20(26)6-4-7-21(19)27/h2-12,30-31H,1,13-14H2,(H,28,29). The molecule has 0 amide bonds. The van der Waals surface area contributed by atoms with Gasteiger partial charge < -0.3 is 15.5 Å². The van der Waals surface area contributed by atoms with Crippen LogP contribution in [-0.2, 0) is 13.0 Å². The van der Waals surface area contributed by atoms with Crippen LogP contribution in [0.4, 0.5) is 13.9 Å². The van der Waals surface area contributed by atoms with Crippen LogP contribution >= 0.6 is 11.3 Å². The van der Waals surface area contributed by atoms with Gasteiger partial charge in [-0.25, -0.2) is 13.8 Å². The van der Waals surface area contributed by atoms with Crippen LogP contribution in [0.2, 0.25) is 0 Å². The Morgan fingerprint density at radius 1 is 0.969 bits per heavy atom. The monoisotopic (exact) mass is 450 g/mol. The fourth-order valence-electron chi connectivity index (χ4n) is 3.29. The average molecular weight is 451 g/mol. The lowest BCUT2D eigenvalue weighted by molar-refractivity contribution is 0.477. The van der Waals surface area contributed by atoms with E-state index in [0.717, 1.165) is 5.56 Å². The molecule has 1 heterocycles. The van der Waals surface area contributed by atoms with Gasteiger partial charge >= 0.3 is 0 Å². The van der Waals surface area contributed by atoms with Crippen molar-refractivity contribution in [2.75, 3.05) is 5.32 Å². The predicted molar refractivity (Wildman–Crippen MR) is 124 cm³/mol. The number of aliphatic hydroxyl groups excluding tert-OH is 1. The lowest BCUT2D eigenvalue weighted by Crippen LogP contribution is -1.99. The fourth-order valence-corrected chi connectivity index (χ4v) is 4.27. The molecule has 0 spiro atoms. The van der Waals surface area contributed by atoms with Crippen molar-refractivity contribution in [3.63, 3.8) is 0 Å². The molecule has 0 aliphatic rings. The minimum atomic E-state index is -0.623. The van der Waals surface area contributed by atoms with Crippen molar-refractivity contribution in [1.29, 1.82) is 0 Å². The Bertz CT molecular complexity index is 1250. The van der Waals surface area contributed by atoms with Gasteiger partial charge in [-0.1, -0.05) is 49.0 Å². The molecule has 0 fully saturated rings. The first kappa shape index (κ1) is 21.5. The molecule has 4 nitrogen and oxygen atoms in total. The van der Waals surface area contributed by atoms with Crippen LogP contribution in [0.3, 0.4) is 0 Å². The van der Waals surface area contributed by atoms with Crippen molar-refractivity contribution < 1.29 is 19.0 Å². The number of thiazole rings is 1. The van der Waals surface area contributed by atoms with Crippen LogP contribution in [0.1, 0.15) is 21.6 Å². The average Bonchev–Trinajstić information content (AvgIpc) is 3.18. The third-order valence-corrected chi connectivity index (χ3v) is 6.00. The molecule has 0 saturated heterocycles. The van der Waals surface area contributed by atoms with E-state index in [0.29, 0.717) is 33.4 Å². The van der Waals surface area contributed by atoms with E-state index in [9.17, 15) is 19.0 Å². The Kier molecular flexibility index (Phi) is 6.18. The molecule has 3 N–H and O–H groups in total. The van der Waals surface area contributed by atoms with Crippen molar-refractivity contribution in [2.45, 2.75) is 13.0 Å². The number of nitrogens with one attached hydrogen (secondary N) is 1. The Balaban J connectivity index is 1.64. The largest absolute Gasteiger partial charge is 0.508 e. The maximum absolute atomic E-state index is 14.3. The predicted octanol–water partition coefficient (Wildman–Crippen LogP) is 6.53. The first-order chi connectivity index (χ1) is 15.4. The van der Waals surface area contributed by atoms with Gasteiger partial charge in [0.1, 0.15) is 23.1 Å². The molecule has 0 atom stereocenters. The van der Waals surface area contributed by atoms with Crippen LogP contribution in [0.15, 0.2) is 73.3 Å². The van der Waals surface area contributed by atoms with Crippen molar-refractivity contribution in [2.24, 2.45) is 0 Å². The number of rotatable bonds is 7. The number of hydrogen-bond donors (Lipinski definition) is 3. The van der Waals surface area contributed by atoms with Crippen LogP contribution in [-0.4, -0.2) is 15.2 Å². The fraction of sp³-hybridized carbons (Fsp3) is 0.0800. The zero-order valence-corrected chi connectivity index (χ0v) is 17.8. The maximum Gasteiger partial charge on any atom is 0.183 e. The van der Waals surface area contributed by atoms with Crippen molar-refractivity contribution in [1.82, 2.24) is 4.98 Å². The number of para-hydroxylation sites is 1. The summed E-state index contributed by atoms with van der Waals surface area (Å²) in [6.07, 6.45) is 0.00876. The number of aliphatic hydroxyl groups is 1. The van der Waals surface area contributed by atoms with E-state index in [1.54, 1.807) is 36.4 Å². The maximum atomic E-state index is 14.3. The Hall–Kier alpha value is -3.71. The van der Waals surface area contributed by atoms with E-state index in [-0.39, 0.29) is 23.5 Å². The summed E-state index contributed by atoms with van der Waals surface area (Å²) in [6, 6.07) is 17.8. The van der Waals surface area contributed by atoms with Crippen molar-refractivity contribution >= 4 is 22.2 Å². The zero-order valence-electron chi connectivity index (χ0n) is 17.0. The van der Waals surface area contributed by atoms with E-state index in [2.05, 4.69) is 16.9 Å². The lowest BCUT2D eigenvalue weighted by atomic mass is 10.0. The summed E-state index contributed by atoms with van der Waals surface area (Å²) in [5.41, 5.74) is 2.52. The Labute approximate surface area is 188 Å². The van der Waals surface area contributed by atoms with Gasteiger partial charge in [-0.2, -0.15) is 0 Å². The molecule has 0 radical (unpaired) electrons. The highest BCUT2D eigenvalue weighted by atomic mass is 32.1. The van der Waals surface area contributed by atoms with Gasteiger partial charge in [-0.3, -0.25) is 0 Å². The van der Waals surface area contributed by atoms with Gasteiger partial charge in [0.05, 0.1) is 5.69 Å². The molecule has 3 aromatic carbocycles. The van der Waals surface area contributed by atoms with Gasteiger partial charge in [0.25, 0.3) is 0 Å². The summed E-state index contributed by atoms with van der Waals surface area (Å²) in [6.45, 7) is 3.96. The minimum absolute atomic E-state index is 0.00163. The number of aromatic hydroxyl groups is 1. The summed E-state index contributed by atoms with van der Waals surface area (Å²) in [5.74, 6) is -1.20. The second-order valence-electron chi connectivity index (χ2n) is 7.18. The van der Waals surface area contributed by atoms with Crippen molar-refractivity contribution in [3.8, 4) is 17.0 Å². The minimum Gasteiger partial charge on any atom is -0.508 e. The topological polar surface area (TPSA) is 65.4 Å². The van der Waals surface area contributed by atoms with Crippen LogP contribution < -0.4 is 5.32 Å². The molecule has 0 bridgehead atoms. The summed E-state index contributed by atoms with van der Waals surface area (Å²) < 4.78 is 28.5. The lowest BCUT2D eigenvalue weighted by Gasteiger charge is -2.06. The second-order valence-corrected chi connectivity index (χ2v) is 8.27. The summed E-state index contributed by atoms with van der Waals surface area (Å²) in [7, 11) is 0. The number of nitrogens with zero attached hydrogens (tertiary/aromatic N) is 1. The second kappa shape index (κ2) is 9.20. The smallest absolute Gasteiger partial charge is 0.183 e. The van der Waals surface area contributed by atoms with Gasteiger partial charge in [-0.05, 0) is 29.8 Å². The quantitative estimate of drug-likeness (QED) is 0.280. The van der Waals surface area contributed by atoms with Crippen LogP contribution in [0.25, 0.3) is 17.0 Å². The number of aromatic nitrogens is 1. The van der Waals surface area contributed by atoms with E-state index in [4.69, 9.17) is 0 Å². The molecule has 162 valence electrons. The third-order valence-electron chi connectivity index (χ3n) is 4.99. The van der Waals surface area contributed by atoms with Crippen LogP contribution in [0.5, 0.6) is 5.75 Å². The summed E-state index contributed by atoms with van der Waals surface area (Å²) in [5, 5.41) is 23.6. The Morgan fingerprint density at radius 3 is 2.31 bits per heavy atom. The SMILES string of the molecule is C=C(O)c1ccc(CNc2nc(-c3ccccc3O)c(Cc3c(F)cccc3F)s2)cc1. The number of benzene rings is 3. The van der Waals surface area contributed by atoms with Gasteiger partial charge in [0, 0.05) is 34.5 Å². The summed E-state index contributed by atoms with van der Waals surface area (Å²) >= 11 is 1.28. The van der Waals surface area contributed by atoms with Crippen molar-refractivity contribution in [3.05, 3.63) is 107 Å².